The highest BCUT2D eigenvalue weighted by Gasteiger charge is 2.20. The second-order valence-electron chi connectivity index (χ2n) is 10.7. The molecule has 3 aromatic carbocycles. The van der Waals surface area contributed by atoms with Crippen molar-refractivity contribution >= 4 is 22.5 Å². The molecule has 0 atom stereocenters. The number of nitrogens with zero attached hydrogens (tertiary/aromatic N) is 4. The third kappa shape index (κ3) is 7.42. The highest BCUT2D eigenvalue weighted by Crippen LogP contribution is 2.38. The van der Waals surface area contributed by atoms with Crippen LogP contribution in [0.25, 0.3) is 16.6 Å². The maximum atomic E-state index is 15.3. The normalized spacial score (nSPS) is 13.4. The molecule has 0 bridgehead atoms. The Kier molecular flexibility index (Phi) is 9.74. The van der Waals surface area contributed by atoms with Gasteiger partial charge in [0.1, 0.15) is 11.6 Å². The first-order valence-electron chi connectivity index (χ1n) is 15.0. The van der Waals surface area contributed by atoms with E-state index in [-0.39, 0.29) is 22.9 Å². The van der Waals surface area contributed by atoms with Crippen LogP contribution in [0.2, 0.25) is 0 Å². The summed E-state index contributed by atoms with van der Waals surface area (Å²) in [5, 5.41) is 7.50. The van der Waals surface area contributed by atoms with Gasteiger partial charge in [-0.2, -0.15) is 5.10 Å². The summed E-state index contributed by atoms with van der Waals surface area (Å²) in [7, 11) is 2.95. The summed E-state index contributed by atoms with van der Waals surface area (Å²) in [6.07, 6.45) is 3.91. The molecule has 0 spiro atoms. The Balaban J connectivity index is 1.14. The van der Waals surface area contributed by atoms with E-state index in [2.05, 4.69) is 20.3 Å². The van der Waals surface area contributed by atoms with Gasteiger partial charge >= 0.3 is 0 Å². The number of ether oxygens (including phenoxy) is 5. The van der Waals surface area contributed by atoms with Gasteiger partial charge in [-0.05, 0) is 55.0 Å². The largest absolute Gasteiger partial charge is 0.493 e. The summed E-state index contributed by atoms with van der Waals surface area (Å²) in [4.78, 5) is 19.8. The second kappa shape index (κ2) is 14.4. The number of methoxy groups -OCH3 is 2. The molecule has 1 N–H and O–H groups in total. The third-order valence-corrected chi connectivity index (χ3v) is 7.58. The number of rotatable bonds is 12. The van der Waals surface area contributed by atoms with Gasteiger partial charge in [0.25, 0.3) is 5.91 Å². The number of anilines is 1. The lowest BCUT2D eigenvalue weighted by Crippen LogP contribution is -2.37. The molecule has 3 heterocycles. The molecule has 1 aliphatic rings. The summed E-state index contributed by atoms with van der Waals surface area (Å²) >= 11 is 0. The molecule has 47 heavy (non-hydrogen) atoms. The lowest BCUT2D eigenvalue weighted by Gasteiger charge is -2.26. The fourth-order valence-corrected chi connectivity index (χ4v) is 5.15. The van der Waals surface area contributed by atoms with E-state index in [1.165, 1.54) is 54.4 Å². The lowest BCUT2D eigenvalue weighted by atomic mass is 10.1. The van der Waals surface area contributed by atoms with Gasteiger partial charge in [0.15, 0.2) is 34.5 Å². The van der Waals surface area contributed by atoms with Crippen LogP contribution in [0, 0.1) is 11.6 Å². The number of amides is 1. The monoisotopic (exact) mass is 645 g/mol. The average Bonchev–Trinajstić information content (AvgIpc) is 3.53. The predicted octanol–water partition coefficient (Wildman–Crippen LogP) is 5.86. The molecule has 5 aromatic rings. The minimum absolute atomic E-state index is 0.0322. The van der Waals surface area contributed by atoms with Crippen molar-refractivity contribution in [3.05, 3.63) is 90.4 Å². The van der Waals surface area contributed by atoms with Crippen LogP contribution in [0.3, 0.4) is 0 Å². The van der Waals surface area contributed by atoms with E-state index in [0.29, 0.717) is 40.4 Å². The number of fused-ring (bicyclic) bond motifs is 1. The van der Waals surface area contributed by atoms with Crippen LogP contribution in [0.5, 0.6) is 28.7 Å². The quantitative estimate of drug-likeness (QED) is 0.167. The van der Waals surface area contributed by atoms with Crippen molar-refractivity contribution < 1.29 is 37.3 Å². The molecular formula is C34H33F2N5O6. The zero-order valence-corrected chi connectivity index (χ0v) is 25.9. The molecule has 1 amide bonds. The number of morpholine rings is 1. The van der Waals surface area contributed by atoms with E-state index in [4.69, 9.17) is 23.7 Å². The molecule has 0 radical (unpaired) electrons. The van der Waals surface area contributed by atoms with Gasteiger partial charge in [0.05, 0.1) is 51.4 Å². The van der Waals surface area contributed by atoms with E-state index in [0.717, 1.165) is 45.3 Å². The first-order chi connectivity index (χ1) is 22.9. The Labute approximate surface area is 269 Å². The maximum absolute atomic E-state index is 15.3. The summed E-state index contributed by atoms with van der Waals surface area (Å²) in [5.41, 5.74) is 1.26. The number of benzene rings is 3. The van der Waals surface area contributed by atoms with Gasteiger partial charge in [-0.3, -0.25) is 14.7 Å². The van der Waals surface area contributed by atoms with Gasteiger partial charge in [-0.15, -0.1) is 0 Å². The highest BCUT2D eigenvalue weighted by molar-refractivity contribution is 6.04. The van der Waals surface area contributed by atoms with Crippen LogP contribution in [0.1, 0.15) is 16.9 Å². The third-order valence-electron chi connectivity index (χ3n) is 7.58. The molecule has 1 aliphatic heterocycles. The number of hydrogen-bond donors (Lipinski definition) is 1. The molecule has 1 saturated heterocycles. The minimum atomic E-state index is -0.705. The maximum Gasteiger partial charge on any atom is 0.280 e. The van der Waals surface area contributed by atoms with Crippen LogP contribution >= 0.6 is 0 Å². The summed E-state index contributed by atoms with van der Waals surface area (Å²) in [5.74, 6) is -0.189. The zero-order chi connectivity index (χ0) is 32.8. The van der Waals surface area contributed by atoms with E-state index in [1.807, 2.05) is 0 Å². The average molecular weight is 646 g/mol. The number of pyridine rings is 1. The Morgan fingerprint density at radius 2 is 1.70 bits per heavy atom. The molecule has 2 aromatic heterocycles. The summed E-state index contributed by atoms with van der Waals surface area (Å²) < 4.78 is 58.3. The summed E-state index contributed by atoms with van der Waals surface area (Å²) in [6.45, 7) is 4.77. The Hall–Kier alpha value is -5.27. The Morgan fingerprint density at radius 3 is 2.45 bits per heavy atom. The molecule has 11 nitrogen and oxygen atoms in total. The van der Waals surface area contributed by atoms with Crippen LogP contribution < -0.4 is 24.3 Å². The molecule has 0 aliphatic carbocycles. The second-order valence-corrected chi connectivity index (χ2v) is 10.7. The van der Waals surface area contributed by atoms with Crippen molar-refractivity contribution in [3.63, 3.8) is 0 Å². The van der Waals surface area contributed by atoms with Crippen molar-refractivity contribution in [2.75, 3.05) is 59.0 Å². The molecule has 244 valence electrons. The first kappa shape index (κ1) is 31.7. The van der Waals surface area contributed by atoms with Crippen molar-refractivity contribution in [1.82, 2.24) is 19.7 Å². The van der Waals surface area contributed by atoms with Crippen LogP contribution in [0.4, 0.5) is 14.5 Å². The Bertz CT molecular complexity index is 1860. The number of hydrogen-bond acceptors (Lipinski definition) is 9. The fraction of sp³-hybridized carbons (Fsp3) is 0.265. The molecule has 0 saturated carbocycles. The molecule has 1 fully saturated rings. The number of halogens is 2. The topological polar surface area (TPSA) is 109 Å². The van der Waals surface area contributed by atoms with Crippen LogP contribution in [0.15, 0.2) is 73.1 Å². The minimum Gasteiger partial charge on any atom is -0.493 e. The first-order valence-corrected chi connectivity index (χ1v) is 15.0. The molecule has 13 heteroatoms. The number of carbonyl (C=O) groups is 1. The fourth-order valence-electron chi connectivity index (χ4n) is 5.15. The van der Waals surface area contributed by atoms with E-state index >= 15 is 4.39 Å². The lowest BCUT2D eigenvalue weighted by molar-refractivity contribution is 0.0357. The number of nitrogens with one attached hydrogen (secondary N) is 1. The van der Waals surface area contributed by atoms with Gasteiger partial charge in [-0.1, -0.05) is 0 Å². The van der Waals surface area contributed by atoms with Crippen molar-refractivity contribution in [2.45, 2.75) is 6.42 Å². The van der Waals surface area contributed by atoms with Crippen molar-refractivity contribution in [2.24, 2.45) is 0 Å². The van der Waals surface area contributed by atoms with Crippen LogP contribution in [-0.4, -0.2) is 79.2 Å². The highest BCUT2D eigenvalue weighted by atomic mass is 19.1. The van der Waals surface area contributed by atoms with Gasteiger partial charge in [0.2, 0.25) is 0 Å². The van der Waals surface area contributed by atoms with Gasteiger partial charge in [0, 0.05) is 49.0 Å². The zero-order valence-electron chi connectivity index (χ0n) is 25.9. The molecule has 0 unspecified atom stereocenters. The van der Waals surface area contributed by atoms with Crippen LogP contribution in [-0.2, 0) is 4.74 Å². The van der Waals surface area contributed by atoms with Gasteiger partial charge < -0.3 is 29.0 Å². The van der Waals surface area contributed by atoms with E-state index in [9.17, 15) is 9.18 Å². The van der Waals surface area contributed by atoms with Crippen molar-refractivity contribution in [3.8, 4) is 34.4 Å². The van der Waals surface area contributed by atoms with E-state index in [1.54, 1.807) is 31.5 Å². The van der Waals surface area contributed by atoms with Crippen molar-refractivity contribution in [1.29, 1.82) is 0 Å². The number of carbonyl (C=O) groups excluding carboxylic acids is 1. The summed E-state index contributed by atoms with van der Waals surface area (Å²) in [6, 6.07) is 14.8. The number of aromatic nitrogens is 3. The van der Waals surface area contributed by atoms with E-state index < -0.39 is 17.5 Å². The molecular weight excluding hydrogens is 612 g/mol. The smallest absolute Gasteiger partial charge is 0.280 e. The molecule has 6 rings (SSSR count). The standard InChI is InChI=1S/C34H33F2N5O6/c1-43-30-19-25-27(20-31(30)46-15-3-12-40-13-16-45-17-14-40)37-11-10-28(25)47-29-9-6-23(18-26(29)36)38-34(42)33-32(44-2)21-41(39-33)24-7-4-22(35)5-8-24/h4-11,18-21H,3,12-17H2,1-2H3,(H,38,42). The Morgan fingerprint density at radius 1 is 0.915 bits per heavy atom. The SMILES string of the molecule is COc1cc2c(Oc3ccc(NC(=O)c4nn(-c5ccc(F)cc5)cc4OC)cc3F)ccnc2cc1OCCCN1CCOCC1. The predicted molar refractivity (Wildman–Crippen MR) is 170 cm³/mol. The van der Waals surface area contributed by atoms with Gasteiger partial charge in [-0.25, -0.2) is 13.5 Å².